The molecule has 0 aliphatic rings. The van der Waals surface area contributed by atoms with Crippen LogP contribution >= 0.6 is 11.6 Å². The fourth-order valence-electron chi connectivity index (χ4n) is 2.82. The molecule has 0 aliphatic carbocycles. The molecule has 1 amide bonds. The number of carbonyl (C=O) groups is 1. The number of hydrogen-bond acceptors (Lipinski definition) is 3. The molecule has 0 radical (unpaired) electrons. The number of nitrogens with zero attached hydrogens (tertiary/aromatic N) is 1. The van der Waals surface area contributed by atoms with Crippen LogP contribution in [-0.4, -0.2) is 38.1 Å². The molecule has 30 heavy (non-hydrogen) atoms. The second-order valence-corrected chi connectivity index (χ2v) is 8.37. The van der Waals surface area contributed by atoms with Gasteiger partial charge >= 0.3 is 0 Å². The van der Waals surface area contributed by atoms with Crippen molar-refractivity contribution in [2.24, 2.45) is 4.99 Å². The van der Waals surface area contributed by atoms with Crippen LogP contribution in [0.5, 0.6) is 5.75 Å². The van der Waals surface area contributed by atoms with E-state index in [1.165, 1.54) is 0 Å². The molecule has 0 heterocycles. The van der Waals surface area contributed by atoms with Crippen molar-refractivity contribution in [2.75, 3.05) is 20.7 Å². The van der Waals surface area contributed by atoms with Crippen LogP contribution in [0, 0.1) is 0 Å². The summed E-state index contributed by atoms with van der Waals surface area (Å²) in [6.45, 7) is 7.13. The van der Waals surface area contributed by atoms with Gasteiger partial charge in [-0.1, -0.05) is 29.8 Å². The van der Waals surface area contributed by atoms with E-state index in [9.17, 15) is 4.79 Å². The van der Waals surface area contributed by atoms with E-state index in [0.29, 0.717) is 29.6 Å². The number of ether oxygens (including phenoxy) is 1. The van der Waals surface area contributed by atoms with Gasteiger partial charge in [-0.3, -0.25) is 9.79 Å². The fourth-order valence-corrected chi connectivity index (χ4v) is 3.08. The average molecular weight is 431 g/mol. The molecule has 0 aliphatic heterocycles. The molecule has 2 rings (SSSR count). The highest BCUT2D eigenvalue weighted by molar-refractivity contribution is 6.31. The van der Waals surface area contributed by atoms with Gasteiger partial charge in [0.25, 0.3) is 5.91 Å². The van der Waals surface area contributed by atoms with Crippen LogP contribution in [0.3, 0.4) is 0 Å². The number of hydrogen-bond donors (Lipinski definition) is 3. The number of guanidine groups is 1. The number of rotatable bonds is 7. The van der Waals surface area contributed by atoms with E-state index in [1.54, 1.807) is 14.2 Å². The van der Waals surface area contributed by atoms with Crippen LogP contribution in [0.1, 0.15) is 42.3 Å². The molecule has 7 heteroatoms. The lowest BCUT2D eigenvalue weighted by Crippen LogP contribution is -2.40. The summed E-state index contributed by atoms with van der Waals surface area (Å²) < 4.78 is 5.18. The Hall–Kier alpha value is -2.73. The van der Waals surface area contributed by atoms with Crippen LogP contribution in [0.2, 0.25) is 5.02 Å². The molecule has 0 bridgehead atoms. The van der Waals surface area contributed by atoms with Gasteiger partial charge in [-0.2, -0.15) is 0 Å². The monoisotopic (exact) mass is 430 g/mol. The molecule has 0 saturated carbocycles. The highest BCUT2D eigenvalue weighted by Crippen LogP contribution is 2.22. The first-order valence-corrected chi connectivity index (χ1v) is 10.3. The number of halogens is 1. The lowest BCUT2D eigenvalue weighted by atomic mass is 10.1. The normalized spacial score (nSPS) is 11.7. The van der Waals surface area contributed by atoms with Gasteiger partial charge in [0, 0.05) is 36.3 Å². The summed E-state index contributed by atoms with van der Waals surface area (Å²) in [5.41, 5.74) is 2.40. The molecule has 0 saturated heterocycles. The Balaban J connectivity index is 1.87. The van der Waals surface area contributed by atoms with Gasteiger partial charge in [0.05, 0.1) is 7.11 Å². The minimum Gasteiger partial charge on any atom is -0.497 e. The van der Waals surface area contributed by atoms with Crippen LogP contribution in [0.15, 0.2) is 47.5 Å². The SMILES string of the molecule is CN=C(NCCc1ccc(OC)cc1Cl)NCc1cccc(C(=O)NC(C)(C)C)c1. The van der Waals surface area contributed by atoms with E-state index in [0.717, 1.165) is 23.3 Å². The second kappa shape index (κ2) is 10.9. The van der Waals surface area contributed by atoms with Crippen molar-refractivity contribution in [1.82, 2.24) is 16.0 Å². The van der Waals surface area contributed by atoms with Gasteiger partial charge in [0.1, 0.15) is 5.75 Å². The van der Waals surface area contributed by atoms with Crippen molar-refractivity contribution in [2.45, 2.75) is 39.3 Å². The van der Waals surface area contributed by atoms with Gasteiger partial charge in [-0.05, 0) is 62.6 Å². The summed E-state index contributed by atoms with van der Waals surface area (Å²) in [5.74, 6) is 1.35. The van der Waals surface area contributed by atoms with Crippen molar-refractivity contribution < 1.29 is 9.53 Å². The molecular weight excluding hydrogens is 400 g/mol. The predicted octanol–water partition coefficient (Wildman–Crippen LogP) is 3.78. The van der Waals surface area contributed by atoms with Crippen molar-refractivity contribution >= 4 is 23.5 Å². The van der Waals surface area contributed by atoms with E-state index < -0.39 is 0 Å². The standard InChI is InChI=1S/C23H31ClN4O2/c1-23(2,3)28-21(29)18-8-6-7-16(13-18)15-27-22(25-4)26-12-11-17-9-10-19(30-5)14-20(17)24/h6-10,13-14H,11-12,15H2,1-5H3,(H,28,29)(H2,25,26,27). The third kappa shape index (κ3) is 7.59. The van der Waals surface area contributed by atoms with Crippen molar-refractivity contribution in [3.05, 3.63) is 64.2 Å². The number of carbonyl (C=O) groups excluding carboxylic acids is 1. The third-order valence-corrected chi connectivity index (χ3v) is 4.66. The summed E-state index contributed by atoms with van der Waals surface area (Å²) in [4.78, 5) is 16.6. The van der Waals surface area contributed by atoms with E-state index in [1.807, 2.05) is 63.2 Å². The predicted molar refractivity (Wildman–Crippen MR) is 124 cm³/mol. The Morgan fingerprint density at radius 1 is 1.13 bits per heavy atom. The zero-order valence-corrected chi connectivity index (χ0v) is 19.1. The van der Waals surface area contributed by atoms with Crippen LogP contribution in [-0.2, 0) is 13.0 Å². The first-order valence-electron chi connectivity index (χ1n) is 9.90. The Kier molecular flexibility index (Phi) is 8.54. The number of nitrogens with one attached hydrogen (secondary N) is 3. The number of benzene rings is 2. The lowest BCUT2D eigenvalue weighted by Gasteiger charge is -2.20. The zero-order valence-electron chi connectivity index (χ0n) is 18.3. The van der Waals surface area contributed by atoms with Crippen LogP contribution in [0.25, 0.3) is 0 Å². The molecule has 0 fully saturated rings. The third-order valence-electron chi connectivity index (χ3n) is 4.31. The molecule has 6 nitrogen and oxygen atoms in total. The average Bonchev–Trinajstić information content (AvgIpc) is 2.70. The minimum atomic E-state index is -0.274. The molecule has 2 aromatic carbocycles. The van der Waals surface area contributed by atoms with Crippen molar-refractivity contribution in [3.63, 3.8) is 0 Å². The summed E-state index contributed by atoms with van der Waals surface area (Å²) in [6.07, 6.45) is 0.756. The summed E-state index contributed by atoms with van der Waals surface area (Å²) in [5, 5.41) is 10.2. The summed E-state index contributed by atoms with van der Waals surface area (Å²) >= 11 is 6.29. The van der Waals surface area contributed by atoms with Gasteiger partial charge in [0.15, 0.2) is 5.96 Å². The topological polar surface area (TPSA) is 74.8 Å². The number of methoxy groups -OCH3 is 1. The Labute approximate surface area is 184 Å². The van der Waals surface area contributed by atoms with E-state index in [4.69, 9.17) is 16.3 Å². The van der Waals surface area contributed by atoms with E-state index >= 15 is 0 Å². The highest BCUT2D eigenvalue weighted by Gasteiger charge is 2.15. The second-order valence-electron chi connectivity index (χ2n) is 7.96. The molecule has 0 spiro atoms. The maximum atomic E-state index is 12.4. The molecule has 2 aromatic rings. The quantitative estimate of drug-likeness (QED) is 0.461. The largest absolute Gasteiger partial charge is 0.497 e. The summed E-state index contributed by atoms with van der Waals surface area (Å²) in [7, 11) is 3.35. The van der Waals surface area contributed by atoms with E-state index in [2.05, 4.69) is 20.9 Å². The van der Waals surface area contributed by atoms with Gasteiger partial charge in [-0.25, -0.2) is 0 Å². The molecule has 0 atom stereocenters. The van der Waals surface area contributed by atoms with Crippen molar-refractivity contribution in [3.8, 4) is 5.75 Å². The van der Waals surface area contributed by atoms with Crippen molar-refractivity contribution in [1.29, 1.82) is 0 Å². The Bertz CT molecular complexity index is 891. The molecule has 0 aromatic heterocycles. The maximum absolute atomic E-state index is 12.4. The highest BCUT2D eigenvalue weighted by atomic mass is 35.5. The first-order chi connectivity index (χ1) is 14.2. The fraction of sp³-hybridized carbons (Fsp3) is 0.391. The Morgan fingerprint density at radius 2 is 1.90 bits per heavy atom. The van der Waals surface area contributed by atoms with Gasteiger partial charge < -0.3 is 20.7 Å². The molecule has 162 valence electrons. The maximum Gasteiger partial charge on any atom is 0.251 e. The number of aliphatic imine (C=N–C) groups is 1. The van der Waals surface area contributed by atoms with Gasteiger partial charge in [0.2, 0.25) is 0 Å². The summed E-state index contributed by atoms with van der Waals surface area (Å²) in [6, 6.07) is 13.2. The smallest absolute Gasteiger partial charge is 0.251 e. The number of amides is 1. The Morgan fingerprint density at radius 3 is 2.53 bits per heavy atom. The molecule has 3 N–H and O–H groups in total. The van der Waals surface area contributed by atoms with E-state index in [-0.39, 0.29) is 11.4 Å². The van der Waals surface area contributed by atoms with Gasteiger partial charge in [-0.15, -0.1) is 0 Å². The zero-order chi connectivity index (χ0) is 22.1. The first kappa shape index (κ1) is 23.5. The molecular formula is C23H31ClN4O2. The lowest BCUT2D eigenvalue weighted by molar-refractivity contribution is 0.0919. The minimum absolute atomic E-state index is 0.0803. The van der Waals surface area contributed by atoms with Crippen LogP contribution < -0.4 is 20.7 Å². The molecule has 0 unspecified atom stereocenters. The van der Waals surface area contributed by atoms with Crippen LogP contribution in [0.4, 0.5) is 0 Å².